The molecule has 0 radical (unpaired) electrons. The van der Waals surface area contributed by atoms with Crippen LogP contribution in [0.4, 0.5) is 5.69 Å². The average molecular weight is 466 g/mol. The summed E-state index contributed by atoms with van der Waals surface area (Å²) in [5, 5.41) is 3.13. The summed E-state index contributed by atoms with van der Waals surface area (Å²) in [4.78, 5) is 26.9. The Morgan fingerprint density at radius 1 is 1.06 bits per heavy atom. The van der Waals surface area contributed by atoms with Gasteiger partial charge in [-0.15, -0.1) is 0 Å². The lowest BCUT2D eigenvalue weighted by atomic mass is 9.93. The van der Waals surface area contributed by atoms with Crippen molar-refractivity contribution in [3.63, 3.8) is 0 Å². The largest absolute Gasteiger partial charge is 0.491 e. The summed E-state index contributed by atoms with van der Waals surface area (Å²) in [6.07, 6.45) is 6.95. The molecular weight excluding hydrogens is 430 g/mol. The fraction of sp³-hybridized carbons (Fsp3) is 0.652. The first-order valence-corrected chi connectivity index (χ1v) is 13.2. The topological polar surface area (TPSA) is 105 Å². The number of nitrogens with zero attached hydrogens (tertiary/aromatic N) is 1. The minimum atomic E-state index is -3.86. The highest BCUT2D eigenvalue weighted by Gasteiger charge is 2.31. The van der Waals surface area contributed by atoms with E-state index in [2.05, 4.69) is 10.0 Å². The Morgan fingerprint density at radius 2 is 1.75 bits per heavy atom. The molecule has 9 heteroatoms. The molecule has 1 saturated heterocycles. The van der Waals surface area contributed by atoms with Gasteiger partial charge in [0.05, 0.1) is 12.0 Å². The van der Waals surface area contributed by atoms with Gasteiger partial charge < -0.3 is 15.0 Å². The predicted octanol–water partition coefficient (Wildman–Crippen LogP) is 2.90. The zero-order valence-electron chi connectivity index (χ0n) is 19.0. The van der Waals surface area contributed by atoms with Gasteiger partial charge >= 0.3 is 0 Å². The van der Waals surface area contributed by atoms with Crippen LogP contribution in [0.3, 0.4) is 0 Å². The van der Waals surface area contributed by atoms with Crippen LogP contribution in [-0.4, -0.2) is 56.1 Å². The molecule has 2 aliphatic rings. The number of hydrogen-bond acceptors (Lipinski definition) is 5. The summed E-state index contributed by atoms with van der Waals surface area (Å²) in [5.41, 5.74) is 0.372. The van der Waals surface area contributed by atoms with Crippen LogP contribution in [0, 0.1) is 5.92 Å². The van der Waals surface area contributed by atoms with Crippen LogP contribution < -0.4 is 14.8 Å². The fourth-order valence-electron chi connectivity index (χ4n) is 4.33. The second-order valence-corrected chi connectivity index (χ2v) is 10.8. The summed E-state index contributed by atoms with van der Waals surface area (Å²) >= 11 is 0. The summed E-state index contributed by atoms with van der Waals surface area (Å²) in [5.74, 6) is -0.774. The highest BCUT2D eigenvalue weighted by molar-refractivity contribution is 7.93. The van der Waals surface area contributed by atoms with Gasteiger partial charge in [0.2, 0.25) is 21.8 Å². The lowest BCUT2D eigenvalue weighted by Crippen LogP contribution is -2.49. The molecule has 2 amide bonds. The van der Waals surface area contributed by atoms with Crippen molar-refractivity contribution in [2.24, 2.45) is 5.92 Å². The van der Waals surface area contributed by atoms with E-state index in [1.165, 1.54) is 11.3 Å². The smallest absolute Gasteiger partial charge is 0.241 e. The van der Waals surface area contributed by atoms with E-state index in [1.54, 1.807) is 24.3 Å². The molecule has 1 aromatic rings. The fourth-order valence-corrected chi connectivity index (χ4v) is 5.40. The number of sulfonamides is 1. The van der Waals surface area contributed by atoms with Gasteiger partial charge in [0.25, 0.3) is 0 Å². The molecule has 1 atom stereocenters. The molecule has 2 fully saturated rings. The second-order valence-electron chi connectivity index (χ2n) is 9.07. The van der Waals surface area contributed by atoms with Crippen molar-refractivity contribution in [3.05, 3.63) is 24.3 Å². The highest BCUT2D eigenvalue weighted by Crippen LogP contribution is 2.22. The molecule has 1 heterocycles. The third-order valence-electron chi connectivity index (χ3n) is 5.91. The Morgan fingerprint density at radius 3 is 2.41 bits per heavy atom. The van der Waals surface area contributed by atoms with Crippen LogP contribution >= 0.6 is 0 Å². The third-order valence-corrected chi connectivity index (χ3v) is 7.08. The number of amides is 2. The first-order chi connectivity index (χ1) is 15.2. The standard InChI is InChI=1S/C23H35N3O5S/c1-17(2)31-21-12-10-20(11-13-21)25-32(29,30)16-22(27)26-14-6-7-18(15-26)23(28)24-19-8-4-3-5-9-19/h10-13,17-19,25H,3-9,14-16H2,1-2H3,(H,24,28). The lowest BCUT2D eigenvalue weighted by molar-refractivity contribution is -0.134. The Kier molecular flexibility index (Phi) is 8.39. The van der Waals surface area contributed by atoms with Crippen molar-refractivity contribution in [1.29, 1.82) is 0 Å². The third kappa shape index (κ3) is 7.39. The number of piperidine rings is 1. The molecule has 1 aliphatic carbocycles. The van der Waals surface area contributed by atoms with Crippen molar-refractivity contribution < 1.29 is 22.7 Å². The maximum atomic E-state index is 12.7. The maximum absolute atomic E-state index is 12.7. The van der Waals surface area contributed by atoms with Crippen molar-refractivity contribution in [1.82, 2.24) is 10.2 Å². The van der Waals surface area contributed by atoms with E-state index in [1.807, 2.05) is 13.8 Å². The summed E-state index contributed by atoms with van der Waals surface area (Å²) in [6, 6.07) is 6.79. The molecule has 0 bridgehead atoms. The van der Waals surface area contributed by atoms with Crippen molar-refractivity contribution >= 4 is 27.5 Å². The lowest BCUT2D eigenvalue weighted by Gasteiger charge is -2.33. The van der Waals surface area contributed by atoms with E-state index in [-0.39, 0.29) is 30.5 Å². The normalized spacial score (nSPS) is 20.1. The number of rotatable bonds is 8. The van der Waals surface area contributed by atoms with Crippen LogP contribution in [0.25, 0.3) is 0 Å². The molecule has 1 aliphatic heterocycles. The van der Waals surface area contributed by atoms with E-state index < -0.39 is 21.7 Å². The van der Waals surface area contributed by atoms with Crippen LogP contribution in [0.2, 0.25) is 0 Å². The number of benzene rings is 1. The summed E-state index contributed by atoms with van der Waals surface area (Å²) in [6.45, 7) is 4.57. The van der Waals surface area contributed by atoms with Gasteiger partial charge in [-0.1, -0.05) is 19.3 Å². The number of nitrogens with one attached hydrogen (secondary N) is 2. The van der Waals surface area contributed by atoms with Gasteiger partial charge in [0.15, 0.2) is 0 Å². The molecule has 0 spiro atoms. The van der Waals surface area contributed by atoms with Crippen LogP contribution in [0.5, 0.6) is 5.75 Å². The van der Waals surface area contributed by atoms with Crippen LogP contribution in [0.1, 0.15) is 58.8 Å². The monoisotopic (exact) mass is 465 g/mol. The van der Waals surface area contributed by atoms with E-state index in [9.17, 15) is 18.0 Å². The average Bonchev–Trinajstić information content (AvgIpc) is 2.75. The number of anilines is 1. The zero-order chi connectivity index (χ0) is 23.1. The van der Waals surface area contributed by atoms with Crippen LogP contribution in [-0.2, 0) is 19.6 Å². The Labute approximate surface area is 191 Å². The van der Waals surface area contributed by atoms with E-state index in [4.69, 9.17) is 4.74 Å². The van der Waals surface area contributed by atoms with Gasteiger partial charge in [-0.3, -0.25) is 14.3 Å². The number of carbonyl (C=O) groups excluding carboxylic acids is 2. The minimum Gasteiger partial charge on any atom is -0.491 e. The Hall–Kier alpha value is -2.29. The van der Waals surface area contributed by atoms with Gasteiger partial charge in [0.1, 0.15) is 11.5 Å². The first-order valence-electron chi connectivity index (χ1n) is 11.6. The predicted molar refractivity (Wildman–Crippen MR) is 124 cm³/mol. The van der Waals surface area contributed by atoms with Crippen molar-refractivity contribution in [3.8, 4) is 5.75 Å². The molecular formula is C23H35N3O5S. The molecule has 8 nitrogen and oxygen atoms in total. The van der Waals surface area contributed by atoms with Crippen LogP contribution in [0.15, 0.2) is 24.3 Å². The van der Waals surface area contributed by atoms with Gasteiger partial charge in [-0.25, -0.2) is 8.42 Å². The van der Waals surface area contributed by atoms with Gasteiger partial charge in [-0.05, 0) is 63.8 Å². The Bertz CT molecular complexity index is 879. The summed E-state index contributed by atoms with van der Waals surface area (Å²) < 4.78 is 33.0. The molecule has 1 saturated carbocycles. The molecule has 178 valence electrons. The van der Waals surface area contributed by atoms with Crippen molar-refractivity contribution in [2.75, 3.05) is 23.6 Å². The zero-order valence-corrected chi connectivity index (χ0v) is 19.8. The molecule has 1 unspecified atom stereocenters. The van der Waals surface area contributed by atoms with Gasteiger partial charge in [-0.2, -0.15) is 0 Å². The molecule has 3 rings (SSSR count). The van der Waals surface area contributed by atoms with Crippen molar-refractivity contribution in [2.45, 2.75) is 70.9 Å². The number of ether oxygens (including phenoxy) is 1. The number of carbonyl (C=O) groups is 2. The van der Waals surface area contributed by atoms with E-state index in [0.29, 0.717) is 24.4 Å². The van der Waals surface area contributed by atoms with Gasteiger partial charge in [0, 0.05) is 24.8 Å². The molecule has 32 heavy (non-hydrogen) atoms. The highest BCUT2D eigenvalue weighted by atomic mass is 32.2. The Balaban J connectivity index is 1.51. The van der Waals surface area contributed by atoms with E-state index >= 15 is 0 Å². The molecule has 2 N–H and O–H groups in total. The summed E-state index contributed by atoms with van der Waals surface area (Å²) in [7, 11) is -3.86. The minimum absolute atomic E-state index is 0.0147. The SMILES string of the molecule is CC(C)Oc1ccc(NS(=O)(=O)CC(=O)N2CCCC(C(=O)NC3CCCCC3)C2)cc1. The quantitative estimate of drug-likeness (QED) is 0.614. The first kappa shape index (κ1) is 24.4. The second kappa shape index (κ2) is 11.0. The maximum Gasteiger partial charge on any atom is 0.241 e. The molecule has 1 aromatic carbocycles. The molecule has 0 aromatic heterocycles. The number of hydrogen-bond donors (Lipinski definition) is 2. The van der Waals surface area contributed by atoms with E-state index in [0.717, 1.165) is 32.1 Å². The number of likely N-dealkylation sites (tertiary alicyclic amines) is 1.